The highest BCUT2D eigenvalue weighted by molar-refractivity contribution is 7.80. The lowest BCUT2D eigenvalue weighted by atomic mass is 9.86. The summed E-state index contributed by atoms with van der Waals surface area (Å²) in [6.07, 6.45) is 5.75. The highest BCUT2D eigenvalue weighted by Crippen LogP contribution is 2.40. The molecule has 1 aliphatic heterocycles. The molecule has 0 amide bonds. The van der Waals surface area contributed by atoms with E-state index < -0.39 is 11.6 Å². The molecule has 0 aliphatic carbocycles. The Morgan fingerprint density at radius 2 is 1.90 bits per heavy atom. The van der Waals surface area contributed by atoms with Gasteiger partial charge in [-0.15, -0.1) is 0 Å². The Kier molecular flexibility index (Phi) is 9.14. The van der Waals surface area contributed by atoms with Gasteiger partial charge in [-0.1, -0.05) is 38.1 Å². The summed E-state index contributed by atoms with van der Waals surface area (Å²) >= 11 is 5.64. The van der Waals surface area contributed by atoms with Gasteiger partial charge in [0, 0.05) is 35.6 Å². The van der Waals surface area contributed by atoms with E-state index in [0.29, 0.717) is 29.6 Å². The van der Waals surface area contributed by atoms with E-state index in [0.717, 1.165) is 35.4 Å². The number of carbonyl (C=O) groups excluding carboxylic acids is 1. The number of hydrogen-bond acceptors (Lipinski definition) is 7. The van der Waals surface area contributed by atoms with E-state index in [-0.39, 0.29) is 6.61 Å². The molecule has 1 aromatic heterocycles. The van der Waals surface area contributed by atoms with Crippen LogP contribution in [0.3, 0.4) is 0 Å². The van der Waals surface area contributed by atoms with Crippen molar-refractivity contribution < 1.29 is 19.0 Å². The molecule has 0 radical (unpaired) electrons. The van der Waals surface area contributed by atoms with Gasteiger partial charge in [0.25, 0.3) is 0 Å². The molecule has 0 bridgehead atoms. The third-order valence-corrected chi connectivity index (χ3v) is 6.76. The van der Waals surface area contributed by atoms with Crippen molar-refractivity contribution in [2.75, 3.05) is 18.5 Å². The summed E-state index contributed by atoms with van der Waals surface area (Å²) in [7, 11) is 0. The predicted molar refractivity (Wildman–Crippen MR) is 156 cm³/mol. The van der Waals surface area contributed by atoms with Crippen molar-refractivity contribution in [1.82, 2.24) is 10.4 Å². The topological polar surface area (TPSA) is 94.1 Å². The number of aromatic nitrogens is 1. The predicted octanol–water partition coefficient (Wildman–Crippen LogP) is 5.54. The van der Waals surface area contributed by atoms with E-state index in [1.54, 1.807) is 25.4 Å². The Hall–Kier alpha value is -3.98. The molecular formula is C30H34N4O4S. The standard InChI is InChI=1S/C30H34N4O4S/c1-5-20-10-8-11-21(6-2)28(20)32-29(39)34-33-25-17-30(4,22-12-9-15-31-18-22)38-26-14-13-23(16-24(25)26)37-19-27(35)36-7-3/h8-16,18H,5-7,17,19H2,1-4H3,(H2,32,34,39). The number of hydrazone groups is 1. The molecule has 1 atom stereocenters. The van der Waals surface area contributed by atoms with Crippen LogP contribution in [0.5, 0.6) is 11.5 Å². The number of benzene rings is 2. The normalized spacial score (nSPS) is 17.1. The number of esters is 1. The third-order valence-electron chi connectivity index (χ3n) is 6.57. The third kappa shape index (κ3) is 6.72. The van der Waals surface area contributed by atoms with Crippen LogP contribution in [-0.2, 0) is 28.0 Å². The minimum atomic E-state index is -0.700. The number of aryl methyl sites for hydroxylation is 2. The summed E-state index contributed by atoms with van der Waals surface area (Å²) in [4.78, 5) is 16.1. The van der Waals surface area contributed by atoms with Crippen LogP contribution < -0.4 is 20.2 Å². The number of para-hydroxylation sites is 1. The molecule has 0 saturated carbocycles. The van der Waals surface area contributed by atoms with Gasteiger partial charge < -0.3 is 19.5 Å². The van der Waals surface area contributed by atoms with Gasteiger partial charge in [-0.25, -0.2) is 4.79 Å². The van der Waals surface area contributed by atoms with Crippen molar-refractivity contribution in [3.05, 3.63) is 83.2 Å². The number of hydrogen-bond donors (Lipinski definition) is 2. The van der Waals surface area contributed by atoms with Crippen molar-refractivity contribution in [2.24, 2.45) is 5.10 Å². The number of carbonyl (C=O) groups is 1. The quantitative estimate of drug-likeness (QED) is 0.205. The number of thiocarbonyl (C=S) groups is 1. The first kappa shape index (κ1) is 28.0. The fourth-order valence-corrected chi connectivity index (χ4v) is 4.70. The lowest BCUT2D eigenvalue weighted by molar-refractivity contribution is -0.145. The molecular weight excluding hydrogens is 512 g/mol. The number of nitrogens with one attached hydrogen (secondary N) is 2. The van der Waals surface area contributed by atoms with Crippen LogP contribution in [0.2, 0.25) is 0 Å². The second kappa shape index (κ2) is 12.7. The molecule has 3 aromatic rings. The monoisotopic (exact) mass is 546 g/mol. The van der Waals surface area contributed by atoms with Crippen LogP contribution in [-0.4, -0.2) is 35.0 Å². The first-order valence-corrected chi connectivity index (χ1v) is 13.5. The van der Waals surface area contributed by atoms with Gasteiger partial charge in [0.05, 0.1) is 12.3 Å². The van der Waals surface area contributed by atoms with Crippen molar-refractivity contribution in [2.45, 2.75) is 52.6 Å². The maximum Gasteiger partial charge on any atom is 0.344 e. The van der Waals surface area contributed by atoms with Crippen LogP contribution in [0, 0.1) is 0 Å². The number of rotatable bonds is 9. The Bertz CT molecular complexity index is 1340. The number of ether oxygens (including phenoxy) is 3. The van der Waals surface area contributed by atoms with Crippen molar-refractivity contribution in [1.29, 1.82) is 0 Å². The number of nitrogens with zero attached hydrogens (tertiary/aromatic N) is 2. The maximum absolute atomic E-state index is 11.8. The van der Waals surface area contributed by atoms with Crippen molar-refractivity contribution >= 4 is 34.7 Å². The average Bonchev–Trinajstić information content (AvgIpc) is 2.95. The molecule has 0 saturated heterocycles. The van der Waals surface area contributed by atoms with Crippen LogP contribution in [0.25, 0.3) is 0 Å². The Morgan fingerprint density at radius 1 is 1.13 bits per heavy atom. The smallest absolute Gasteiger partial charge is 0.344 e. The van der Waals surface area contributed by atoms with Gasteiger partial charge in [-0.3, -0.25) is 10.4 Å². The zero-order chi connectivity index (χ0) is 27.8. The van der Waals surface area contributed by atoms with E-state index in [2.05, 4.69) is 47.8 Å². The zero-order valence-electron chi connectivity index (χ0n) is 22.7. The minimum Gasteiger partial charge on any atom is -0.482 e. The molecule has 0 fully saturated rings. The van der Waals surface area contributed by atoms with Crippen molar-refractivity contribution in [3.63, 3.8) is 0 Å². The van der Waals surface area contributed by atoms with E-state index in [1.165, 1.54) is 11.1 Å². The molecule has 39 heavy (non-hydrogen) atoms. The molecule has 1 unspecified atom stereocenters. The van der Waals surface area contributed by atoms with E-state index in [4.69, 9.17) is 31.5 Å². The largest absolute Gasteiger partial charge is 0.482 e. The average molecular weight is 547 g/mol. The first-order chi connectivity index (χ1) is 18.9. The SMILES string of the molecule is CCOC(=O)COc1ccc2c(c1)C(=NNC(=S)Nc1c(CC)cccc1CC)CC(C)(c1cccnc1)O2. The molecule has 8 nitrogen and oxygen atoms in total. The number of anilines is 1. The summed E-state index contributed by atoms with van der Waals surface area (Å²) < 4.78 is 17.1. The fraction of sp³-hybridized carbons (Fsp3) is 0.333. The summed E-state index contributed by atoms with van der Waals surface area (Å²) in [5, 5.41) is 8.48. The van der Waals surface area contributed by atoms with E-state index in [9.17, 15) is 4.79 Å². The lowest BCUT2D eigenvalue weighted by Crippen LogP contribution is -2.38. The van der Waals surface area contributed by atoms with Gasteiger partial charge in [-0.05, 0) is 74.3 Å². The van der Waals surface area contributed by atoms with Gasteiger partial charge in [0.1, 0.15) is 17.1 Å². The molecule has 2 heterocycles. The molecule has 4 rings (SSSR count). The molecule has 1 aliphatic rings. The zero-order valence-corrected chi connectivity index (χ0v) is 23.6. The van der Waals surface area contributed by atoms with Gasteiger partial charge in [0.2, 0.25) is 0 Å². The van der Waals surface area contributed by atoms with Crippen LogP contribution in [0.4, 0.5) is 5.69 Å². The van der Waals surface area contributed by atoms with Gasteiger partial charge in [-0.2, -0.15) is 5.10 Å². The number of pyridine rings is 1. The first-order valence-electron chi connectivity index (χ1n) is 13.1. The van der Waals surface area contributed by atoms with Crippen LogP contribution >= 0.6 is 12.2 Å². The highest BCUT2D eigenvalue weighted by atomic mass is 32.1. The van der Waals surface area contributed by atoms with Crippen LogP contribution in [0.15, 0.2) is 66.0 Å². The molecule has 2 aromatic carbocycles. The number of fused-ring (bicyclic) bond motifs is 1. The minimum absolute atomic E-state index is 0.184. The van der Waals surface area contributed by atoms with Crippen molar-refractivity contribution in [3.8, 4) is 11.5 Å². The molecule has 204 valence electrons. The molecule has 2 N–H and O–H groups in total. The highest BCUT2D eigenvalue weighted by Gasteiger charge is 2.37. The molecule has 0 spiro atoms. The Morgan fingerprint density at radius 3 is 2.56 bits per heavy atom. The summed E-state index contributed by atoms with van der Waals surface area (Å²) in [6.45, 7) is 8.12. The summed E-state index contributed by atoms with van der Waals surface area (Å²) in [6, 6.07) is 15.5. The Labute approximate surface area is 234 Å². The fourth-order valence-electron chi connectivity index (χ4n) is 4.55. The van der Waals surface area contributed by atoms with E-state index >= 15 is 0 Å². The maximum atomic E-state index is 11.8. The lowest BCUT2D eigenvalue weighted by Gasteiger charge is -2.36. The Balaban J connectivity index is 1.63. The second-order valence-corrected chi connectivity index (χ2v) is 9.69. The van der Waals surface area contributed by atoms with E-state index in [1.807, 2.05) is 31.2 Å². The van der Waals surface area contributed by atoms with Gasteiger partial charge in [0.15, 0.2) is 11.7 Å². The summed E-state index contributed by atoms with van der Waals surface area (Å²) in [5.74, 6) is 0.717. The second-order valence-electron chi connectivity index (χ2n) is 9.29. The van der Waals surface area contributed by atoms with Gasteiger partial charge >= 0.3 is 5.97 Å². The summed E-state index contributed by atoms with van der Waals surface area (Å²) in [5.41, 5.74) is 8.14. The van der Waals surface area contributed by atoms with Crippen LogP contribution in [0.1, 0.15) is 56.4 Å². The molecule has 9 heteroatoms.